The topological polar surface area (TPSA) is 49.2 Å². The summed E-state index contributed by atoms with van der Waals surface area (Å²) in [6.07, 6.45) is 1.53. The highest BCUT2D eigenvalue weighted by Gasteiger charge is 2.08. The fourth-order valence-corrected chi connectivity index (χ4v) is 1.55. The molecule has 0 fully saturated rings. The van der Waals surface area contributed by atoms with Gasteiger partial charge in [-0.1, -0.05) is 0 Å². The highest BCUT2D eigenvalue weighted by atomic mass is 35.5. The van der Waals surface area contributed by atoms with Gasteiger partial charge in [-0.3, -0.25) is 4.57 Å². The van der Waals surface area contributed by atoms with Gasteiger partial charge in [0, 0.05) is 6.07 Å². The van der Waals surface area contributed by atoms with Crippen molar-refractivity contribution >= 4 is 11.6 Å². The number of halogens is 1. The lowest BCUT2D eigenvalue weighted by molar-refractivity contribution is 0.355. The molecule has 16 heavy (non-hydrogen) atoms. The number of nitrogens with zero attached hydrogens (tertiary/aromatic N) is 3. The molecule has 0 aliphatic carbocycles. The van der Waals surface area contributed by atoms with Crippen molar-refractivity contribution in [1.82, 2.24) is 14.8 Å². The fourth-order valence-electron chi connectivity index (χ4n) is 1.37. The first-order valence-electron chi connectivity index (χ1n) is 4.54. The van der Waals surface area contributed by atoms with Crippen LogP contribution in [0.1, 0.15) is 0 Å². The summed E-state index contributed by atoms with van der Waals surface area (Å²) in [5.41, 5.74) is 0.813. The molecule has 0 spiro atoms. The lowest BCUT2D eigenvalue weighted by Gasteiger charge is -2.09. The van der Waals surface area contributed by atoms with Gasteiger partial charge in [-0.05, 0) is 23.7 Å². The second-order valence-corrected chi connectivity index (χ2v) is 3.35. The smallest absolute Gasteiger partial charge is 0.229 e. The number of ether oxygens (including phenoxy) is 2. The normalized spacial score (nSPS) is 10.2. The van der Waals surface area contributed by atoms with Crippen LogP contribution in [0.15, 0.2) is 24.5 Å². The molecule has 0 aliphatic heterocycles. The number of aromatic nitrogens is 3. The molecule has 0 N–H and O–H groups in total. The second kappa shape index (κ2) is 4.40. The van der Waals surface area contributed by atoms with E-state index in [1.807, 2.05) is 6.07 Å². The third kappa shape index (κ3) is 1.81. The minimum absolute atomic E-state index is 0.298. The van der Waals surface area contributed by atoms with Crippen LogP contribution in [-0.4, -0.2) is 29.0 Å². The maximum absolute atomic E-state index is 5.86. The third-order valence-electron chi connectivity index (χ3n) is 2.15. The Kier molecular flexibility index (Phi) is 2.96. The molecule has 1 aromatic carbocycles. The lowest BCUT2D eigenvalue weighted by atomic mass is 10.2. The van der Waals surface area contributed by atoms with Gasteiger partial charge >= 0.3 is 0 Å². The van der Waals surface area contributed by atoms with Crippen molar-refractivity contribution in [3.05, 3.63) is 29.8 Å². The maximum Gasteiger partial charge on any atom is 0.229 e. The van der Waals surface area contributed by atoms with Crippen LogP contribution in [0.3, 0.4) is 0 Å². The Morgan fingerprint density at radius 2 is 1.94 bits per heavy atom. The van der Waals surface area contributed by atoms with E-state index in [-0.39, 0.29) is 0 Å². The van der Waals surface area contributed by atoms with Crippen molar-refractivity contribution < 1.29 is 9.47 Å². The van der Waals surface area contributed by atoms with E-state index in [2.05, 4.69) is 10.2 Å². The third-order valence-corrected chi connectivity index (χ3v) is 2.41. The number of hydrogen-bond acceptors (Lipinski definition) is 4. The van der Waals surface area contributed by atoms with Crippen LogP contribution in [0.25, 0.3) is 5.69 Å². The molecule has 0 saturated carbocycles. The van der Waals surface area contributed by atoms with E-state index >= 15 is 0 Å². The number of methoxy groups -OCH3 is 2. The van der Waals surface area contributed by atoms with Gasteiger partial charge in [0.15, 0.2) is 11.5 Å². The Balaban J connectivity index is 2.48. The van der Waals surface area contributed by atoms with Crippen LogP contribution in [0.2, 0.25) is 5.28 Å². The van der Waals surface area contributed by atoms with Crippen LogP contribution in [0.4, 0.5) is 0 Å². The Labute approximate surface area is 97.6 Å². The first-order chi connectivity index (χ1) is 7.76. The minimum atomic E-state index is 0.298. The molecule has 84 valence electrons. The van der Waals surface area contributed by atoms with Crippen molar-refractivity contribution in [3.63, 3.8) is 0 Å². The lowest BCUT2D eigenvalue weighted by Crippen LogP contribution is -1.96. The van der Waals surface area contributed by atoms with Gasteiger partial charge in [-0.25, -0.2) is 0 Å². The molecule has 1 heterocycles. The first-order valence-corrected chi connectivity index (χ1v) is 4.92. The molecular weight excluding hydrogens is 230 g/mol. The summed E-state index contributed by atoms with van der Waals surface area (Å²) in [6, 6.07) is 5.44. The molecule has 0 atom stereocenters. The van der Waals surface area contributed by atoms with E-state index in [4.69, 9.17) is 21.1 Å². The average molecular weight is 240 g/mol. The van der Waals surface area contributed by atoms with E-state index in [0.717, 1.165) is 5.69 Å². The fraction of sp³-hybridized carbons (Fsp3) is 0.200. The zero-order chi connectivity index (χ0) is 11.5. The van der Waals surface area contributed by atoms with Gasteiger partial charge in [-0.2, -0.15) is 0 Å². The van der Waals surface area contributed by atoms with Gasteiger partial charge in [0.25, 0.3) is 0 Å². The minimum Gasteiger partial charge on any atom is -0.493 e. The quantitative estimate of drug-likeness (QED) is 0.821. The standard InChI is InChI=1S/C10H10ClN3O2/c1-15-8-4-3-7(5-9(8)16-2)14-6-12-13-10(14)11/h3-6H,1-2H3. The largest absolute Gasteiger partial charge is 0.493 e. The molecule has 6 heteroatoms. The van der Waals surface area contributed by atoms with E-state index in [0.29, 0.717) is 16.8 Å². The molecule has 0 amide bonds. The highest BCUT2D eigenvalue weighted by molar-refractivity contribution is 6.28. The summed E-state index contributed by atoms with van der Waals surface area (Å²) in [6.45, 7) is 0. The maximum atomic E-state index is 5.86. The summed E-state index contributed by atoms with van der Waals surface area (Å²) >= 11 is 5.86. The van der Waals surface area contributed by atoms with Crippen molar-refractivity contribution in [2.24, 2.45) is 0 Å². The molecule has 1 aromatic heterocycles. The molecule has 2 aromatic rings. The van der Waals surface area contributed by atoms with Crippen LogP contribution in [-0.2, 0) is 0 Å². The summed E-state index contributed by atoms with van der Waals surface area (Å²) in [7, 11) is 3.17. The van der Waals surface area contributed by atoms with Gasteiger partial charge in [0.1, 0.15) is 6.33 Å². The van der Waals surface area contributed by atoms with Crippen molar-refractivity contribution in [2.45, 2.75) is 0 Å². The highest BCUT2D eigenvalue weighted by Crippen LogP contribution is 2.29. The van der Waals surface area contributed by atoms with Crippen LogP contribution >= 0.6 is 11.6 Å². The molecule has 0 aliphatic rings. The SMILES string of the molecule is COc1ccc(-n2cnnc2Cl)cc1OC. The summed E-state index contributed by atoms with van der Waals surface area (Å²) in [4.78, 5) is 0. The average Bonchev–Trinajstić information content (AvgIpc) is 2.74. The molecule has 5 nitrogen and oxygen atoms in total. The second-order valence-electron chi connectivity index (χ2n) is 3.01. The molecule has 0 bridgehead atoms. The number of hydrogen-bond donors (Lipinski definition) is 0. The van der Waals surface area contributed by atoms with E-state index < -0.39 is 0 Å². The van der Waals surface area contributed by atoms with Crippen LogP contribution < -0.4 is 9.47 Å². The predicted octanol–water partition coefficient (Wildman–Crippen LogP) is 1.94. The van der Waals surface area contributed by atoms with Crippen molar-refractivity contribution in [1.29, 1.82) is 0 Å². The number of rotatable bonds is 3. The van der Waals surface area contributed by atoms with Crippen LogP contribution in [0.5, 0.6) is 11.5 Å². The summed E-state index contributed by atoms with van der Waals surface area (Å²) in [5, 5.41) is 7.70. The first kappa shape index (κ1) is 10.8. The van der Waals surface area contributed by atoms with Crippen molar-refractivity contribution in [2.75, 3.05) is 14.2 Å². The van der Waals surface area contributed by atoms with Crippen molar-refractivity contribution in [3.8, 4) is 17.2 Å². The van der Waals surface area contributed by atoms with E-state index in [1.165, 1.54) is 6.33 Å². The summed E-state index contributed by atoms with van der Waals surface area (Å²) < 4.78 is 12.0. The Bertz CT molecular complexity index is 499. The number of benzene rings is 1. The van der Waals surface area contributed by atoms with Gasteiger partial charge in [0.05, 0.1) is 19.9 Å². The van der Waals surface area contributed by atoms with Crippen LogP contribution in [0, 0.1) is 0 Å². The molecule has 0 radical (unpaired) electrons. The van der Waals surface area contributed by atoms with Gasteiger partial charge < -0.3 is 9.47 Å². The zero-order valence-electron chi connectivity index (χ0n) is 8.85. The van der Waals surface area contributed by atoms with Gasteiger partial charge in [-0.15, -0.1) is 10.2 Å². The molecule has 2 rings (SSSR count). The Hall–Kier alpha value is -1.75. The van der Waals surface area contributed by atoms with E-state index in [9.17, 15) is 0 Å². The Morgan fingerprint density at radius 1 is 1.19 bits per heavy atom. The predicted molar refractivity (Wildman–Crippen MR) is 59.5 cm³/mol. The Morgan fingerprint density at radius 3 is 2.50 bits per heavy atom. The molecular formula is C10H10ClN3O2. The zero-order valence-corrected chi connectivity index (χ0v) is 9.60. The van der Waals surface area contributed by atoms with Gasteiger partial charge in [0.2, 0.25) is 5.28 Å². The van der Waals surface area contributed by atoms with E-state index in [1.54, 1.807) is 30.9 Å². The monoisotopic (exact) mass is 239 g/mol. The molecule has 0 saturated heterocycles. The molecule has 0 unspecified atom stereocenters. The summed E-state index contributed by atoms with van der Waals surface area (Å²) in [5.74, 6) is 1.29.